The minimum atomic E-state index is -0.468. The van der Waals surface area contributed by atoms with Crippen molar-refractivity contribution in [3.8, 4) is 17.2 Å². The van der Waals surface area contributed by atoms with Gasteiger partial charge in [-0.15, -0.1) is 0 Å². The molecule has 15 heteroatoms. The Kier molecular flexibility index (Phi) is 28.5. The van der Waals surface area contributed by atoms with Crippen LogP contribution in [0.4, 0.5) is 26.7 Å². The third kappa shape index (κ3) is 25.7. The average Bonchev–Trinajstić information content (AvgIpc) is 3.10. The van der Waals surface area contributed by atoms with Crippen molar-refractivity contribution >= 4 is 46.6 Å². The number of hydrogen-bond acceptors (Lipinski definition) is 11. The molecule has 0 radical (unpaired) electrons. The molecular weight excluding hydrogens is 686 g/mol. The summed E-state index contributed by atoms with van der Waals surface area (Å²) in [5, 5.41) is 15.5. The van der Waals surface area contributed by atoms with E-state index >= 15 is 0 Å². The van der Waals surface area contributed by atoms with E-state index in [0.717, 1.165) is 47.4 Å². The number of carbonyl (C=O) groups is 2. The third-order valence-electron chi connectivity index (χ3n) is 6.46. The number of alkyl carbamates (subject to hydrolysis) is 1. The summed E-state index contributed by atoms with van der Waals surface area (Å²) in [6, 6.07) is 23.2. The Morgan fingerprint density at radius 3 is 1.51 bits per heavy atom. The molecular formula is C38H64AlLiN6O7. The van der Waals surface area contributed by atoms with E-state index in [9.17, 15) is 9.59 Å². The Hall–Kier alpha value is -3.91. The van der Waals surface area contributed by atoms with E-state index in [0.29, 0.717) is 26.2 Å². The normalized spacial score (nSPS) is 9.87. The molecule has 0 aromatic heterocycles. The molecule has 0 heterocycles. The number of nitrogens with zero attached hydrogens (tertiary/aromatic N) is 1. The van der Waals surface area contributed by atoms with Gasteiger partial charge >= 0.3 is 31.0 Å². The molecule has 3 rings (SSSR count). The van der Waals surface area contributed by atoms with Crippen LogP contribution in [0, 0.1) is 0 Å². The second kappa shape index (κ2) is 29.5. The Labute approximate surface area is 341 Å². The number of likely N-dealkylation sites (N-methyl/N-ethyl adjacent to an activating group) is 2. The van der Waals surface area contributed by atoms with Crippen molar-refractivity contribution in [3.63, 3.8) is 0 Å². The molecule has 53 heavy (non-hydrogen) atoms. The Balaban J connectivity index is -0.000000715. The Morgan fingerprint density at radius 2 is 1.13 bits per heavy atom. The largest absolute Gasteiger partial charge is 1.00 e. The Morgan fingerprint density at radius 1 is 0.717 bits per heavy atom. The van der Waals surface area contributed by atoms with Crippen LogP contribution in [0.25, 0.3) is 0 Å². The van der Waals surface area contributed by atoms with Crippen LogP contribution in [0.5, 0.6) is 17.2 Å². The van der Waals surface area contributed by atoms with Crippen LogP contribution >= 0.6 is 0 Å². The van der Waals surface area contributed by atoms with Crippen LogP contribution in [-0.4, -0.2) is 121 Å². The van der Waals surface area contributed by atoms with Crippen LogP contribution in [-0.2, 0) is 9.47 Å². The molecule has 0 atom stereocenters. The van der Waals surface area contributed by atoms with Crippen molar-refractivity contribution in [1.82, 2.24) is 15.5 Å². The average molecular weight is 751 g/mol. The van der Waals surface area contributed by atoms with Crippen molar-refractivity contribution in [2.24, 2.45) is 0 Å². The predicted octanol–water partition coefficient (Wildman–Crippen LogP) is 2.47. The molecule has 0 aliphatic carbocycles. The molecule has 3 aromatic carbocycles. The van der Waals surface area contributed by atoms with E-state index < -0.39 is 11.7 Å². The summed E-state index contributed by atoms with van der Waals surface area (Å²) in [5.74, 6) is 2.48. The van der Waals surface area contributed by atoms with Gasteiger partial charge in [-0.1, -0.05) is 18.2 Å². The first-order valence-electron chi connectivity index (χ1n) is 17.0. The molecule has 3 aromatic rings. The van der Waals surface area contributed by atoms with Gasteiger partial charge in [-0.05, 0) is 78.1 Å². The van der Waals surface area contributed by atoms with E-state index in [1.165, 1.54) is 0 Å². The van der Waals surface area contributed by atoms with Crippen molar-refractivity contribution in [2.45, 2.75) is 46.3 Å². The third-order valence-corrected chi connectivity index (χ3v) is 6.46. The number of ether oxygens (including phenoxy) is 5. The number of amides is 2. The SMILES string of the molecule is CNCCNc1cccc(OC)c1.COc1cccc(NCCN(C)C(=O)OC(C)C)c1.COc1cccc(NCCNC(=O)OC(C)(C)C)c1.[AlH3].[H-].[Li+]. The Bertz CT molecular complexity index is 1420. The fourth-order valence-corrected chi connectivity index (χ4v) is 3.97. The number of nitrogens with one attached hydrogen (secondary N) is 5. The topological polar surface area (TPSA) is 144 Å². The van der Waals surface area contributed by atoms with Crippen LogP contribution in [0.2, 0.25) is 0 Å². The number of hydrogen-bond donors (Lipinski definition) is 5. The molecule has 2 amide bonds. The van der Waals surface area contributed by atoms with Gasteiger partial charge < -0.3 is 56.6 Å². The molecule has 0 saturated carbocycles. The first-order chi connectivity index (χ1) is 24.3. The number of rotatable bonds is 16. The second-order valence-corrected chi connectivity index (χ2v) is 12.4. The minimum absolute atomic E-state index is 0. The molecule has 0 aliphatic heterocycles. The molecule has 5 N–H and O–H groups in total. The smallest absolute Gasteiger partial charge is 1.00 e. The summed E-state index contributed by atoms with van der Waals surface area (Å²) in [6.07, 6.45) is -0.802. The fourth-order valence-electron chi connectivity index (χ4n) is 3.97. The van der Waals surface area contributed by atoms with Gasteiger partial charge in [0.25, 0.3) is 0 Å². The molecule has 0 saturated heterocycles. The molecule has 0 unspecified atom stereocenters. The monoisotopic (exact) mass is 750 g/mol. The van der Waals surface area contributed by atoms with E-state index in [1.807, 2.05) is 114 Å². The maximum atomic E-state index is 11.6. The number of benzene rings is 3. The van der Waals surface area contributed by atoms with Gasteiger partial charge in [0.15, 0.2) is 17.4 Å². The summed E-state index contributed by atoms with van der Waals surface area (Å²) in [6.45, 7) is 13.4. The summed E-state index contributed by atoms with van der Waals surface area (Å²) in [4.78, 5) is 24.5. The molecule has 0 aliphatic rings. The van der Waals surface area contributed by atoms with Gasteiger partial charge in [-0.2, -0.15) is 0 Å². The predicted molar refractivity (Wildman–Crippen MR) is 218 cm³/mol. The summed E-state index contributed by atoms with van der Waals surface area (Å²) in [5.41, 5.74) is 2.54. The molecule has 0 bridgehead atoms. The van der Waals surface area contributed by atoms with E-state index in [-0.39, 0.29) is 49.8 Å². The zero-order chi connectivity index (χ0) is 38.1. The number of carbonyl (C=O) groups excluding carboxylic acids is 2. The molecule has 292 valence electrons. The van der Waals surface area contributed by atoms with E-state index in [4.69, 9.17) is 23.7 Å². The fraction of sp³-hybridized carbons (Fsp3) is 0.474. The first kappa shape index (κ1) is 51.2. The van der Waals surface area contributed by atoms with Crippen LogP contribution in [0.15, 0.2) is 72.8 Å². The maximum absolute atomic E-state index is 11.6. The first-order valence-corrected chi connectivity index (χ1v) is 17.0. The number of methoxy groups -OCH3 is 3. The second-order valence-electron chi connectivity index (χ2n) is 12.4. The van der Waals surface area contributed by atoms with Crippen LogP contribution in [0.3, 0.4) is 0 Å². The van der Waals surface area contributed by atoms with Crippen molar-refractivity contribution in [3.05, 3.63) is 72.8 Å². The van der Waals surface area contributed by atoms with Crippen molar-refractivity contribution in [1.29, 1.82) is 0 Å². The van der Waals surface area contributed by atoms with E-state index in [1.54, 1.807) is 33.3 Å². The standard InChI is InChI=1S/2C14H22N2O3.C10H16N2O.Al.Li.4H/c1-14(2,3)19-13(17)16-9-8-15-11-6-5-7-12(10-11)18-4;1-11(2)19-14(17)16(3)9-8-15-12-6-5-7-13(10-12)18-4;1-11-6-7-12-9-4-3-5-10(8-9)13-2;;;;;;/h5-7,10,15H,8-9H2,1-4H3,(H,16,17);5-7,10-11,15H,8-9H2,1-4H3;3-5,8,11-12H,6-7H2,1-2H3;;;;;;/q;;;;+1;;;;-1. The van der Waals surface area contributed by atoms with Gasteiger partial charge in [0.1, 0.15) is 22.8 Å². The van der Waals surface area contributed by atoms with Gasteiger partial charge in [-0.3, -0.25) is 0 Å². The maximum Gasteiger partial charge on any atom is 1.00 e. The molecule has 13 nitrogen and oxygen atoms in total. The van der Waals surface area contributed by atoms with Crippen molar-refractivity contribution in [2.75, 3.05) is 90.6 Å². The summed E-state index contributed by atoms with van der Waals surface area (Å²) < 4.78 is 25.6. The molecule has 0 spiro atoms. The summed E-state index contributed by atoms with van der Waals surface area (Å²) in [7, 11) is 8.59. The molecule has 0 fully saturated rings. The van der Waals surface area contributed by atoms with Crippen LogP contribution in [0.1, 0.15) is 36.0 Å². The van der Waals surface area contributed by atoms with Gasteiger partial charge in [-0.25, -0.2) is 9.59 Å². The van der Waals surface area contributed by atoms with Crippen LogP contribution < -0.4 is 59.7 Å². The van der Waals surface area contributed by atoms with Gasteiger partial charge in [0.2, 0.25) is 0 Å². The zero-order valence-electron chi connectivity index (χ0n) is 34.1. The zero-order valence-corrected chi connectivity index (χ0v) is 33.1. The number of anilines is 3. The summed E-state index contributed by atoms with van der Waals surface area (Å²) >= 11 is 0. The minimum Gasteiger partial charge on any atom is -1.00 e. The van der Waals surface area contributed by atoms with E-state index in [2.05, 4.69) is 26.6 Å². The van der Waals surface area contributed by atoms with Crippen molar-refractivity contribution < 1.29 is 53.6 Å². The van der Waals surface area contributed by atoms with Gasteiger partial charge in [0.05, 0.1) is 27.4 Å². The quantitative estimate of drug-likeness (QED) is 0.109. The van der Waals surface area contributed by atoms with Gasteiger partial charge in [0, 0.05) is 81.6 Å².